The summed E-state index contributed by atoms with van der Waals surface area (Å²) in [6.45, 7) is 3.24. The number of benzene rings is 2. The van der Waals surface area contributed by atoms with Crippen molar-refractivity contribution in [3.8, 4) is 11.5 Å². The molecule has 0 spiro atoms. The maximum absolute atomic E-state index is 5.54. The first-order valence-corrected chi connectivity index (χ1v) is 8.95. The van der Waals surface area contributed by atoms with Gasteiger partial charge in [-0.05, 0) is 31.2 Å². The Morgan fingerprint density at radius 1 is 1.19 bits per heavy atom. The SMILES string of the molecule is CCOc1ccc(NC(=NC)NCCc2nc3ccccc3[nH]2)cc1OC. The lowest BCUT2D eigenvalue weighted by atomic mass is 10.2. The fourth-order valence-corrected chi connectivity index (χ4v) is 2.76. The number of aromatic nitrogens is 2. The van der Waals surface area contributed by atoms with Crippen LogP contribution in [0.15, 0.2) is 47.5 Å². The summed E-state index contributed by atoms with van der Waals surface area (Å²) in [4.78, 5) is 12.2. The van der Waals surface area contributed by atoms with Crippen LogP contribution >= 0.6 is 0 Å². The fourth-order valence-electron chi connectivity index (χ4n) is 2.76. The van der Waals surface area contributed by atoms with Crippen molar-refractivity contribution in [3.05, 3.63) is 48.3 Å². The van der Waals surface area contributed by atoms with Gasteiger partial charge in [0.15, 0.2) is 17.5 Å². The Bertz CT molecular complexity index is 887. The molecule has 0 aliphatic rings. The Kier molecular flexibility index (Phi) is 6.14. The number of guanidine groups is 1. The number of imidazole rings is 1. The minimum atomic E-state index is 0.591. The lowest BCUT2D eigenvalue weighted by Crippen LogP contribution is -2.32. The number of hydrogen-bond acceptors (Lipinski definition) is 4. The fraction of sp³-hybridized carbons (Fsp3) is 0.300. The van der Waals surface area contributed by atoms with Gasteiger partial charge in [0.2, 0.25) is 0 Å². The Labute approximate surface area is 158 Å². The van der Waals surface area contributed by atoms with Crippen molar-refractivity contribution in [1.29, 1.82) is 0 Å². The second kappa shape index (κ2) is 8.93. The number of nitrogens with zero attached hydrogens (tertiary/aromatic N) is 2. The Hall–Kier alpha value is -3.22. The molecule has 3 N–H and O–H groups in total. The second-order valence-electron chi connectivity index (χ2n) is 5.87. The van der Waals surface area contributed by atoms with Gasteiger partial charge in [-0.2, -0.15) is 0 Å². The van der Waals surface area contributed by atoms with E-state index < -0.39 is 0 Å². The minimum absolute atomic E-state index is 0.591. The third-order valence-corrected chi connectivity index (χ3v) is 4.04. The van der Waals surface area contributed by atoms with E-state index >= 15 is 0 Å². The van der Waals surface area contributed by atoms with Crippen molar-refractivity contribution in [2.75, 3.05) is 32.6 Å². The molecule has 7 heteroatoms. The molecule has 7 nitrogen and oxygen atoms in total. The van der Waals surface area contributed by atoms with E-state index in [1.165, 1.54) is 0 Å². The molecule has 0 amide bonds. The highest BCUT2D eigenvalue weighted by atomic mass is 16.5. The first-order valence-electron chi connectivity index (χ1n) is 8.95. The van der Waals surface area contributed by atoms with Gasteiger partial charge in [0.25, 0.3) is 0 Å². The highest BCUT2D eigenvalue weighted by Gasteiger charge is 2.07. The Morgan fingerprint density at radius 3 is 2.78 bits per heavy atom. The lowest BCUT2D eigenvalue weighted by molar-refractivity contribution is 0.311. The van der Waals surface area contributed by atoms with Crippen LogP contribution in [0, 0.1) is 0 Å². The van der Waals surface area contributed by atoms with Gasteiger partial charge in [0, 0.05) is 31.8 Å². The number of aromatic amines is 1. The monoisotopic (exact) mass is 367 g/mol. The molecule has 27 heavy (non-hydrogen) atoms. The molecule has 0 aliphatic carbocycles. The number of nitrogens with one attached hydrogen (secondary N) is 3. The Morgan fingerprint density at radius 2 is 2.04 bits per heavy atom. The lowest BCUT2D eigenvalue weighted by Gasteiger charge is -2.14. The largest absolute Gasteiger partial charge is 0.493 e. The van der Waals surface area contributed by atoms with E-state index in [0.717, 1.165) is 34.7 Å². The van der Waals surface area contributed by atoms with Crippen LogP contribution in [0.4, 0.5) is 5.69 Å². The van der Waals surface area contributed by atoms with Crippen LogP contribution < -0.4 is 20.1 Å². The number of hydrogen-bond donors (Lipinski definition) is 3. The van der Waals surface area contributed by atoms with Crippen LogP contribution in [-0.4, -0.2) is 43.2 Å². The molecule has 1 heterocycles. The predicted molar refractivity (Wildman–Crippen MR) is 109 cm³/mol. The van der Waals surface area contributed by atoms with Crippen molar-refractivity contribution in [2.24, 2.45) is 4.99 Å². The van der Waals surface area contributed by atoms with E-state index in [-0.39, 0.29) is 0 Å². The van der Waals surface area contributed by atoms with Crippen molar-refractivity contribution in [1.82, 2.24) is 15.3 Å². The molecule has 0 saturated carbocycles. The smallest absolute Gasteiger partial charge is 0.195 e. The summed E-state index contributed by atoms with van der Waals surface area (Å²) in [6, 6.07) is 13.7. The van der Waals surface area contributed by atoms with E-state index in [4.69, 9.17) is 9.47 Å². The average Bonchev–Trinajstić information content (AvgIpc) is 3.11. The third-order valence-electron chi connectivity index (χ3n) is 4.04. The zero-order valence-electron chi connectivity index (χ0n) is 15.9. The van der Waals surface area contributed by atoms with Gasteiger partial charge in [-0.1, -0.05) is 12.1 Å². The van der Waals surface area contributed by atoms with Crippen LogP contribution in [-0.2, 0) is 6.42 Å². The van der Waals surface area contributed by atoms with Gasteiger partial charge >= 0.3 is 0 Å². The van der Waals surface area contributed by atoms with Gasteiger partial charge in [-0.3, -0.25) is 4.99 Å². The third kappa shape index (κ3) is 4.69. The molecule has 0 bridgehead atoms. The van der Waals surface area contributed by atoms with Crippen molar-refractivity contribution >= 4 is 22.7 Å². The molecule has 0 saturated heterocycles. The molecule has 3 aromatic rings. The molecule has 0 unspecified atom stereocenters. The maximum atomic E-state index is 5.54. The summed E-state index contributed by atoms with van der Waals surface area (Å²) in [7, 11) is 3.37. The number of para-hydroxylation sites is 2. The summed E-state index contributed by atoms with van der Waals surface area (Å²) in [5.41, 5.74) is 2.90. The van der Waals surface area contributed by atoms with Crippen LogP contribution in [0.1, 0.15) is 12.7 Å². The highest BCUT2D eigenvalue weighted by Crippen LogP contribution is 2.30. The van der Waals surface area contributed by atoms with Gasteiger partial charge in [0.1, 0.15) is 5.82 Å². The van der Waals surface area contributed by atoms with E-state index in [1.807, 2.05) is 49.4 Å². The second-order valence-corrected chi connectivity index (χ2v) is 5.87. The number of fused-ring (bicyclic) bond motifs is 1. The van der Waals surface area contributed by atoms with Gasteiger partial charge in [0.05, 0.1) is 24.8 Å². The quantitative estimate of drug-likeness (QED) is 0.441. The number of methoxy groups -OCH3 is 1. The van der Waals surface area contributed by atoms with E-state index in [0.29, 0.717) is 24.9 Å². The molecule has 0 atom stereocenters. The number of anilines is 1. The van der Waals surface area contributed by atoms with Crippen molar-refractivity contribution < 1.29 is 9.47 Å². The maximum Gasteiger partial charge on any atom is 0.195 e. The first kappa shape index (κ1) is 18.6. The molecular formula is C20H25N5O2. The zero-order valence-corrected chi connectivity index (χ0v) is 15.9. The van der Waals surface area contributed by atoms with Crippen LogP contribution in [0.2, 0.25) is 0 Å². The van der Waals surface area contributed by atoms with Gasteiger partial charge in [-0.25, -0.2) is 4.98 Å². The molecular weight excluding hydrogens is 342 g/mol. The summed E-state index contributed by atoms with van der Waals surface area (Å²) in [5, 5.41) is 6.55. The molecule has 142 valence electrons. The van der Waals surface area contributed by atoms with E-state index in [9.17, 15) is 0 Å². The summed E-state index contributed by atoms with van der Waals surface area (Å²) in [6.07, 6.45) is 0.766. The number of ether oxygens (including phenoxy) is 2. The number of aliphatic imine (C=N–C) groups is 1. The first-order chi connectivity index (χ1) is 13.2. The zero-order chi connectivity index (χ0) is 19.1. The van der Waals surface area contributed by atoms with Crippen LogP contribution in [0.5, 0.6) is 11.5 Å². The summed E-state index contributed by atoms with van der Waals surface area (Å²) >= 11 is 0. The van der Waals surface area contributed by atoms with Gasteiger partial charge in [-0.15, -0.1) is 0 Å². The summed E-state index contributed by atoms with van der Waals surface area (Å²) in [5.74, 6) is 3.03. The van der Waals surface area contributed by atoms with E-state index in [1.54, 1.807) is 14.2 Å². The normalized spacial score (nSPS) is 11.4. The minimum Gasteiger partial charge on any atom is -0.493 e. The predicted octanol–water partition coefficient (Wildman–Crippen LogP) is 3.20. The molecule has 1 aromatic heterocycles. The van der Waals surface area contributed by atoms with E-state index in [2.05, 4.69) is 25.6 Å². The highest BCUT2D eigenvalue weighted by molar-refractivity contribution is 5.93. The molecule has 0 aliphatic heterocycles. The van der Waals surface area contributed by atoms with Crippen molar-refractivity contribution in [3.63, 3.8) is 0 Å². The molecule has 0 radical (unpaired) electrons. The topological polar surface area (TPSA) is 83.6 Å². The van der Waals surface area contributed by atoms with Crippen molar-refractivity contribution in [2.45, 2.75) is 13.3 Å². The Balaban J connectivity index is 1.57. The standard InChI is InChI=1S/C20H25N5O2/c1-4-27-17-10-9-14(13-18(17)26-3)23-20(21-2)22-12-11-19-24-15-7-5-6-8-16(15)25-19/h5-10,13H,4,11-12H2,1-3H3,(H,24,25)(H2,21,22,23). The average molecular weight is 367 g/mol. The number of rotatable bonds is 7. The molecule has 0 fully saturated rings. The summed E-state index contributed by atoms with van der Waals surface area (Å²) < 4.78 is 10.9. The number of H-pyrrole nitrogens is 1. The molecule has 2 aromatic carbocycles. The van der Waals surface area contributed by atoms with Crippen LogP contribution in [0.25, 0.3) is 11.0 Å². The molecule has 3 rings (SSSR count). The van der Waals surface area contributed by atoms with Crippen LogP contribution in [0.3, 0.4) is 0 Å². The van der Waals surface area contributed by atoms with Gasteiger partial charge < -0.3 is 25.1 Å².